The average Bonchev–Trinajstić information content (AvgIpc) is 3.08. The minimum absolute atomic E-state index is 1.19. The van der Waals surface area contributed by atoms with Gasteiger partial charge in [-0.05, 0) is 81.6 Å². The van der Waals surface area contributed by atoms with Gasteiger partial charge in [-0.25, -0.2) is 0 Å². The molecule has 0 aliphatic heterocycles. The lowest BCUT2D eigenvalue weighted by molar-refractivity contribution is 1.42. The maximum absolute atomic E-state index is 3.35. The summed E-state index contributed by atoms with van der Waals surface area (Å²) in [4.78, 5) is 9.24. The normalized spacial score (nSPS) is 11.5. The van der Waals surface area contributed by atoms with Crippen molar-refractivity contribution in [3.05, 3.63) is 55.9 Å². The van der Waals surface area contributed by atoms with E-state index in [1.165, 1.54) is 38.7 Å². The minimum atomic E-state index is 1.19. The van der Waals surface area contributed by atoms with Crippen LogP contribution in [0.2, 0.25) is 0 Å². The summed E-state index contributed by atoms with van der Waals surface area (Å²) in [5.74, 6) is 0. The van der Waals surface area contributed by atoms with Gasteiger partial charge in [0.25, 0.3) is 0 Å². The summed E-state index contributed by atoms with van der Waals surface area (Å²) >= 11 is 4.72. The molecule has 2 heterocycles. The van der Waals surface area contributed by atoms with E-state index in [-0.39, 0.29) is 0 Å². The van der Waals surface area contributed by atoms with Crippen LogP contribution >= 0.6 is 66.8 Å². The van der Waals surface area contributed by atoms with Crippen molar-refractivity contribution >= 4 is 88.6 Å². The van der Waals surface area contributed by atoms with Crippen molar-refractivity contribution in [3.8, 4) is 0 Å². The summed E-state index contributed by atoms with van der Waals surface area (Å²) in [7, 11) is 3.61. The van der Waals surface area contributed by atoms with Crippen LogP contribution in [0, 0.1) is 7.14 Å². The molecule has 6 heteroatoms. The first-order valence-corrected chi connectivity index (χ1v) is 10.9. The van der Waals surface area contributed by atoms with E-state index in [1.54, 1.807) is 21.6 Å². The lowest BCUT2D eigenvalue weighted by atomic mass is 10.2. The first-order chi connectivity index (χ1) is 10.7. The van der Waals surface area contributed by atoms with E-state index in [9.17, 15) is 0 Å². The van der Waals surface area contributed by atoms with Crippen molar-refractivity contribution < 1.29 is 0 Å². The predicted octanol–water partition coefficient (Wildman–Crippen LogP) is 6.66. The molecule has 0 saturated heterocycles. The fourth-order valence-electron chi connectivity index (χ4n) is 2.36. The molecule has 2 aromatic heterocycles. The standard InChI is InChI=1S/C16H10I2N2S2/c17-9-1-3-13-11(5-9)15(7-19-13)21-22-16-8-20-14-4-2-10(18)6-12(14)16/h1-8,19-20H. The number of hydrogen-bond donors (Lipinski definition) is 2. The van der Waals surface area contributed by atoms with Crippen LogP contribution in [0.1, 0.15) is 0 Å². The highest BCUT2D eigenvalue weighted by Gasteiger charge is 2.09. The maximum atomic E-state index is 3.35. The third-order valence-electron chi connectivity index (χ3n) is 3.43. The summed E-state index contributed by atoms with van der Waals surface area (Å²) in [6.07, 6.45) is 4.19. The van der Waals surface area contributed by atoms with Crippen LogP contribution in [0.3, 0.4) is 0 Å². The van der Waals surface area contributed by atoms with Gasteiger partial charge in [-0.2, -0.15) is 0 Å². The molecule has 0 aliphatic rings. The minimum Gasteiger partial charge on any atom is -0.360 e. The molecule has 0 radical (unpaired) electrons. The van der Waals surface area contributed by atoms with Crippen molar-refractivity contribution in [3.63, 3.8) is 0 Å². The van der Waals surface area contributed by atoms with Crippen LogP contribution < -0.4 is 0 Å². The number of aromatic amines is 2. The molecule has 0 atom stereocenters. The Labute approximate surface area is 162 Å². The monoisotopic (exact) mass is 548 g/mol. The fraction of sp³-hybridized carbons (Fsp3) is 0. The van der Waals surface area contributed by atoms with E-state index in [0.29, 0.717) is 0 Å². The first kappa shape index (κ1) is 15.2. The largest absolute Gasteiger partial charge is 0.360 e. The van der Waals surface area contributed by atoms with Crippen molar-refractivity contribution in [2.24, 2.45) is 0 Å². The topological polar surface area (TPSA) is 31.6 Å². The molecule has 0 aliphatic carbocycles. The highest BCUT2D eigenvalue weighted by Crippen LogP contribution is 2.43. The fourth-order valence-corrected chi connectivity index (χ4v) is 5.62. The van der Waals surface area contributed by atoms with E-state index in [4.69, 9.17) is 0 Å². The smallest absolute Gasteiger partial charge is 0.0466 e. The van der Waals surface area contributed by atoms with E-state index < -0.39 is 0 Å². The number of nitrogens with one attached hydrogen (secondary N) is 2. The lowest BCUT2D eigenvalue weighted by Gasteiger charge is -2.00. The van der Waals surface area contributed by atoms with Gasteiger partial charge in [0.15, 0.2) is 0 Å². The Kier molecular flexibility index (Phi) is 4.35. The van der Waals surface area contributed by atoms with Crippen LogP contribution in [-0.4, -0.2) is 9.97 Å². The van der Waals surface area contributed by atoms with Gasteiger partial charge in [0.05, 0.1) is 0 Å². The van der Waals surface area contributed by atoms with Crippen molar-refractivity contribution in [2.75, 3.05) is 0 Å². The quantitative estimate of drug-likeness (QED) is 0.222. The molecule has 2 nitrogen and oxygen atoms in total. The summed E-state index contributed by atoms with van der Waals surface area (Å²) in [6.45, 7) is 0. The maximum Gasteiger partial charge on any atom is 0.0466 e. The van der Waals surface area contributed by atoms with Crippen molar-refractivity contribution in [1.82, 2.24) is 9.97 Å². The second-order valence-corrected chi connectivity index (χ2v) is 9.56. The Morgan fingerprint density at radius 2 is 1.14 bits per heavy atom. The molecule has 0 unspecified atom stereocenters. The molecule has 0 bridgehead atoms. The van der Waals surface area contributed by atoms with Crippen LogP contribution in [0.15, 0.2) is 58.6 Å². The first-order valence-electron chi connectivity index (χ1n) is 6.58. The summed E-state index contributed by atoms with van der Waals surface area (Å²) in [5, 5.41) is 2.58. The molecular weight excluding hydrogens is 538 g/mol. The Bertz CT molecular complexity index is 895. The van der Waals surface area contributed by atoms with E-state index in [1.807, 2.05) is 0 Å². The predicted molar refractivity (Wildman–Crippen MR) is 114 cm³/mol. The zero-order valence-electron chi connectivity index (χ0n) is 11.2. The van der Waals surface area contributed by atoms with E-state index in [2.05, 4.69) is 104 Å². The number of hydrogen-bond acceptors (Lipinski definition) is 2. The van der Waals surface area contributed by atoms with E-state index in [0.717, 1.165) is 0 Å². The Morgan fingerprint density at radius 3 is 1.59 bits per heavy atom. The van der Waals surface area contributed by atoms with Gasteiger partial charge in [0.2, 0.25) is 0 Å². The van der Waals surface area contributed by atoms with Crippen LogP contribution in [0.5, 0.6) is 0 Å². The zero-order chi connectivity index (χ0) is 15.1. The number of aromatic nitrogens is 2. The SMILES string of the molecule is Ic1ccc2[nH]cc(SSc3c[nH]c4ccc(I)cc34)c2c1. The lowest BCUT2D eigenvalue weighted by Crippen LogP contribution is -1.72. The van der Waals surface area contributed by atoms with E-state index >= 15 is 0 Å². The van der Waals surface area contributed by atoms with Gasteiger partial charge in [-0.15, -0.1) is 0 Å². The summed E-state index contributed by atoms with van der Waals surface area (Å²) in [5.41, 5.74) is 2.38. The number of benzene rings is 2. The average molecular weight is 548 g/mol. The molecule has 0 fully saturated rings. The highest BCUT2D eigenvalue weighted by atomic mass is 127. The van der Waals surface area contributed by atoms with Crippen LogP contribution in [-0.2, 0) is 0 Å². The molecule has 110 valence electrons. The molecular formula is C16H10I2N2S2. The Hall–Kier alpha value is -0.320. The zero-order valence-corrected chi connectivity index (χ0v) is 17.1. The third kappa shape index (κ3) is 2.90. The van der Waals surface area contributed by atoms with Crippen molar-refractivity contribution in [2.45, 2.75) is 9.79 Å². The molecule has 22 heavy (non-hydrogen) atoms. The van der Waals surface area contributed by atoms with Gasteiger partial charge in [0, 0.05) is 51.1 Å². The summed E-state index contributed by atoms with van der Waals surface area (Å²) < 4.78 is 2.52. The summed E-state index contributed by atoms with van der Waals surface area (Å²) in [6, 6.07) is 13.0. The number of rotatable bonds is 3. The van der Waals surface area contributed by atoms with Gasteiger partial charge < -0.3 is 9.97 Å². The Morgan fingerprint density at radius 1 is 0.682 bits per heavy atom. The van der Waals surface area contributed by atoms with Gasteiger partial charge in [-0.1, -0.05) is 21.6 Å². The molecule has 0 spiro atoms. The second-order valence-electron chi connectivity index (χ2n) is 4.85. The van der Waals surface area contributed by atoms with Crippen LogP contribution in [0.4, 0.5) is 0 Å². The molecule has 2 N–H and O–H groups in total. The van der Waals surface area contributed by atoms with Crippen molar-refractivity contribution in [1.29, 1.82) is 0 Å². The molecule has 2 aromatic carbocycles. The molecule has 4 aromatic rings. The van der Waals surface area contributed by atoms with Gasteiger partial charge in [-0.3, -0.25) is 0 Å². The van der Waals surface area contributed by atoms with Gasteiger partial charge in [0.1, 0.15) is 0 Å². The van der Waals surface area contributed by atoms with Gasteiger partial charge >= 0.3 is 0 Å². The number of fused-ring (bicyclic) bond motifs is 2. The number of halogens is 2. The molecule has 0 saturated carbocycles. The Balaban J connectivity index is 1.65. The second kappa shape index (κ2) is 6.29. The number of H-pyrrole nitrogens is 2. The molecule has 4 rings (SSSR count). The highest BCUT2D eigenvalue weighted by molar-refractivity contribution is 14.1. The van der Waals surface area contributed by atoms with Crippen LogP contribution in [0.25, 0.3) is 21.8 Å². The molecule has 0 amide bonds. The third-order valence-corrected chi connectivity index (χ3v) is 7.22.